The number of hydrogen-bond acceptors (Lipinski definition) is 5. The molecule has 0 bridgehead atoms. The number of aliphatic hydroxyl groups excluding tert-OH is 1. The first-order valence-electron chi connectivity index (χ1n) is 5.05. The summed E-state index contributed by atoms with van der Waals surface area (Å²) in [6.07, 6.45) is 0. The van der Waals surface area contributed by atoms with E-state index in [9.17, 15) is 19.5 Å². The van der Waals surface area contributed by atoms with E-state index in [-0.39, 0.29) is 17.7 Å². The summed E-state index contributed by atoms with van der Waals surface area (Å²) in [5.41, 5.74) is -0.548. The molecule has 94 valence electrons. The minimum Gasteiger partial charge on any atom is -0.465 e. The first kappa shape index (κ1) is 12.1. The van der Waals surface area contributed by atoms with Gasteiger partial charge in [0.2, 0.25) is 0 Å². The number of hydrogen-bond donors (Lipinski definition) is 3. The van der Waals surface area contributed by atoms with E-state index >= 15 is 0 Å². The summed E-state index contributed by atoms with van der Waals surface area (Å²) in [7, 11) is 1.21. The lowest BCUT2D eigenvalue weighted by Crippen LogP contribution is -2.29. The fourth-order valence-corrected chi connectivity index (χ4v) is 1.64. The van der Waals surface area contributed by atoms with Crippen LogP contribution in [0, 0.1) is 0 Å². The second-order valence-electron chi connectivity index (χ2n) is 3.61. The van der Waals surface area contributed by atoms with Crippen molar-refractivity contribution >= 4 is 17.0 Å². The minimum absolute atomic E-state index is 0.134. The number of aromatic nitrogens is 2. The highest BCUT2D eigenvalue weighted by molar-refractivity contribution is 5.95. The second kappa shape index (κ2) is 4.46. The van der Waals surface area contributed by atoms with Gasteiger partial charge in [0, 0.05) is 0 Å². The zero-order valence-electron chi connectivity index (χ0n) is 9.44. The number of H-pyrrole nitrogens is 2. The van der Waals surface area contributed by atoms with Gasteiger partial charge in [0.1, 0.15) is 0 Å². The Balaban J connectivity index is 2.81. The normalized spacial score (nSPS) is 10.6. The Hall–Kier alpha value is -2.41. The zero-order valence-corrected chi connectivity index (χ0v) is 9.44. The highest BCUT2D eigenvalue weighted by Gasteiger charge is 2.13. The van der Waals surface area contributed by atoms with Crippen molar-refractivity contribution in [2.24, 2.45) is 0 Å². The van der Waals surface area contributed by atoms with Gasteiger partial charge >= 0.3 is 17.1 Å². The Morgan fingerprint density at radius 2 is 1.78 bits per heavy atom. The molecule has 0 aliphatic heterocycles. The summed E-state index contributed by atoms with van der Waals surface area (Å²) in [5.74, 6) is -0.631. The molecule has 3 N–H and O–H groups in total. The van der Waals surface area contributed by atoms with Crippen LogP contribution in [0.25, 0.3) is 11.0 Å². The van der Waals surface area contributed by atoms with Crippen molar-refractivity contribution in [2.75, 3.05) is 7.11 Å². The summed E-state index contributed by atoms with van der Waals surface area (Å²) in [4.78, 5) is 38.5. The molecule has 0 fully saturated rings. The third kappa shape index (κ3) is 1.91. The highest BCUT2D eigenvalue weighted by Crippen LogP contribution is 2.16. The molecule has 0 amide bonds. The number of carbonyl (C=O) groups excluding carboxylic acids is 1. The Morgan fingerprint density at radius 3 is 2.28 bits per heavy atom. The van der Waals surface area contributed by atoms with Crippen molar-refractivity contribution in [3.05, 3.63) is 44.0 Å². The maximum absolute atomic E-state index is 11.5. The average molecular weight is 250 g/mol. The molecule has 0 saturated heterocycles. The Labute approximate surface area is 100 Å². The fraction of sp³-hybridized carbons (Fsp3) is 0.182. The molecule has 1 aromatic carbocycles. The molecular formula is C11H10N2O5. The lowest BCUT2D eigenvalue weighted by molar-refractivity contribution is 0.0597. The van der Waals surface area contributed by atoms with Crippen molar-refractivity contribution in [3.8, 4) is 0 Å². The summed E-state index contributed by atoms with van der Waals surface area (Å²) in [5, 5.41) is 9.17. The number of aromatic amines is 2. The third-order valence-corrected chi connectivity index (χ3v) is 2.52. The van der Waals surface area contributed by atoms with E-state index in [0.717, 1.165) is 0 Å². The van der Waals surface area contributed by atoms with Gasteiger partial charge in [-0.3, -0.25) is 9.59 Å². The van der Waals surface area contributed by atoms with E-state index in [1.165, 1.54) is 19.2 Å². The molecule has 0 unspecified atom stereocenters. The van der Waals surface area contributed by atoms with E-state index < -0.39 is 17.1 Å². The van der Waals surface area contributed by atoms with E-state index in [4.69, 9.17) is 0 Å². The Bertz CT molecular complexity index is 728. The molecular weight excluding hydrogens is 240 g/mol. The van der Waals surface area contributed by atoms with Crippen molar-refractivity contribution in [1.82, 2.24) is 9.97 Å². The summed E-state index contributed by atoms with van der Waals surface area (Å²) < 4.78 is 4.57. The third-order valence-electron chi connectivity index (χ3n) is 2.52. The number of rotatable bonds is 2. The predicted octanol–water partition coefficient (Wildman–Crippen LogP) is -0.505. The van der Waals surface area contributed by atoms with Crippen LogP contribution in [0.5, 0.6) is 0 Å². The first-order chi connectivity index (χ1) is 8.56. The van der Waals surface area contributed by atoms with Crippen molar-refractivity contribution in [3.63, 3.8) is 0 Å². The van der Waals surface area contributed by atoms with Gasteiger partial charge in [0.05, 0.1) is 30.3 Å². The van der Waals surface area contributed by atoms with Gasteiger partial charge in [0.25, 0.3) is 0 Å². The molecule has 0 radical (unpaired) electrons. The zero-order chi connectivity index (χ0) is 13.3. The smallest absolute Gasteiger partial charge is 0.338 e. The first-order valence-corrected chi connectivity index (χ1v) is 5.05. The Kier molecular flexibility index (Phi) is 2.99. The molecule has 1 heterocycles. The van der Waals surface area contributed by atoms with E-state index in [0.29, 0.717) is 11.1 Å². The largest absolute Gasteiger partial charge is 0.465 e. The minimum atomic E-state index is -0.810. The van der Waals surface area contributed by atoms with Gasteiger partial charge in [-0.15, -0.1) is 0 Å². The van der Waals surface area contributed by atoms with Gasteiger partial charge in [-0.25, -0.2) is 4.79 Å². The molecule has 7 heteroatoms. The van der Waals surface area contributed by atoms with Crippen LogP contribution in [0.1, 0.15) is 15.9 Å². The summed E-state index contributed by atoms with van der Waals surface area (Å²) in [6, 6.07) is 2.77. The standard InChI is InChI=1S/C11H10N2O5/c1-18-11(17)6-3-8-7(2-5(6)4-14)12-9(15)10(16)13-8/h2-3,14H,4H2,1H3,(H,12,15)(H,13,16). The van der Waals surface area contributed by atoms with Crippen molar-refractivity contribution < 1.29 is 14.6 Å². The molecule has 0 spiro atoms. The number of nitrogens with one attached hydrogen (secondary N) is 2. The monoisotopic (exact) mass is 250 g/mol. The number of benzene rings is 1. The fourth-order valence-electron chi connectivity index (χ4n) is 1.64. The van der Waals surface area contributed by atoms with E-state index in [2.05, 4.69) is 14.7 Å². The molecule has 1 aromatic heterocycles. The van der Waals surface area contributed by atoms with E-state index in [1.54, 1.807) is 0 Å². The molecule has 0 aliphatic carbocycles. The number of fused-ring (bicyclic) bond motifs is 1. The molecule has 0 atom stereocenters. The topological polar surface area (TPSA) is 112 Å². The summed E-state index contributed by atoms with van der Waals surface area (Å²) in [6.45, 7) is -0.387. The number of carbonyl (C=O) groups is 1. The maximum atomic E-state index is 11.5. The van der Waals surface area contributed by atoms with Gasteiger partial charge < -0.3 is 19.8 Å². The number of aliphatic hydroxyl groups is 1. The second-order valence-corrected chi connectivity index (χ2v) is 3.61. The lowest BCUT2D eigenvalue weighted by Gasteiger charge is -2.07. The molecule has 2 rings (SSSR count). The van der Waals surface area contributed by atoms with E-state index in [1.807, 2.05) is 0 Å². The number of methoxy groups -OCH3 is 1. The number of ether oxygens (including phenoxy) is 1. The average Bonchev–Trinajstić information content (AvgIpc) is 2.38. The SMILES string of the molecule is COC(=O)c1cc2[nH]c(=O)c(=O)[nH]c2cc1CO. The van der Waals surface area contributed by atoms with Crippen LogP contribution < -0.4 is 11.1 Å². The van der Waals surface area contributed by atoms with Crippen LogP contribution in [0.4, 0.5) is 0 Å². The van der Waals surface area contributed by atoms with Crippen LogP contribution in [-0.4, -0.2) is 28.2 Å². The van der Waals surface area contributed by atoms with Gasteiger partial charge in [0.15, 0.2) is 0 Å². The van der Waals surface area contributed by atoms with Gasteiger partial charge in [-0.05, 0) is 17.7 Å². The van der Waals surface area contributed by atoms with Crippen molar-refractivity contribution in [1.29, 1.82) is 0 Å². The van der Waals surface area contributed by atoms with Gasteiger partial charge in [-0.1, -0.05) is 0 Å². The number of esters is 1. The summed E-state index contributed by atoms with van der Waals surface area (Å²) >= 11 is 0. The van der Waals surface area contributed by atoms with Crippen LogP contribution >= 0.6 is 0 Å². The maximum Gasteiger partial charge on any atom is 0.338 e. The van der Waals surface area contributed by atoms with Crippen LogP contribution in [0.2, 0.25) is 0 Å². The van der Waals surface area contributed by atoms with Crippen LogP contribution in [0.15, 0.2) is 21.7 Å². The molecule has 2 aromatic rings. The molecule has 0 aliphatic rings. The molecule has 7 nitrogen and oxygen atoms in total. The van der Waals surface area contributed by atoms with Crippen molar-refractivity contribution in [2.45, 2.75) is 6.61 Å². The van der Waals surface area contributed by atoms with Gasteiger partial charge in [-0.2, -0.15) is 0 Å². The Morgan fingerprint density at radius 1 is 1.22 bits per heavy atom. The lowest BCUT2D eigenvalue weighted by atomic mass is 10.1. The molecule has 0 saturated carbocycles. The van der Waals surface area contributed by atoms with Crippen LogP contribution in [-0.2, 0) is 11.3 Å². The quantitative estimate of drug-likeness (QED) is 0.491. The highest BCUT2D eigenvalue weighted by atomic mass is 16.5. The molecule has 18 heavy (non-hydrogen) atoms. The predicted molar refractivity (Wildman–Crippen MR) is 62.5 cm³/mol. The van der Waals surface area contributed by atoms with Crippen LogP contribution in [0.3, 0.4) is 0 Å².